The van der Waals surface area contributed by atoms with Gasteiger partial charge in [-0.05, 0) is 73.6 Å². The molecule has 0 unspecified atom stereocenters. The third-order valence-corrected chi connectivity index (χ3v) is 7.18. The third-order valence-electron chi connectivity index (χ3n) is 7.18. The predicted molar refractivity (Wildman–Crippen MR) is 144 cm³/mol. The van der Waals surface area contributed by atoms with E-state index < -0.39 is 34.9 Å². The summed E-state index contributed by atoms with van der Waals surface area (Å²) in [6, 6.07) is 4.64. The molecule has 1 aromatic carbocycles. The van der Waals surface area contributed by atoms with Crippen LogP contribution in [0.15, 0.2) is 22.6 Å². The van der Waals surface area contributed by atoms with E-state index in [0.29, 0.717) is 30.5 Å². The lowest BCUT2D eigenvalue weighted by Gasteiger charge is -2.29. The van der Waals surface area contributed by atoms with Crippen LogP contribution in [0, 0.1) is 11.3 Å². The van der Waals surface area contributed by atoms with Gasteiger partial charge in [0.1, 0.15) is 6.10 Å². The number of nitrogens with zero attached hydrogens (tertiary/aromatic N) is 3. The summed E-state index contributed by atoms with van der Waals surface area (Å²) in [7, 11) is 1.56. The number of fused-ring (bicyclic) bond motifs is 1. The Morgan fingerprint density at radius 3 is 2.38 bits per heavy atom. The quantitative estimate of drug-likeness (QED) is 0.489. The summed E-state index contributed by atoms with van der Waals surface area (Å²) in [5, 5.41) is 3.85. The molecule has 2 aliphatic carbocycles. The molecule has 1 saturated carbocycles. The van der Waals surface area contributed by atoms with Gasteiger partial charge in [0.25, 0.3) is 0 Å². The molecule has 0 spiro atoms. The van der Waals surface area contributed by atoms with Crippen molar-refractivity contribution in [1.82, 2.24) is 9.78 Å². The molecule has 40 heavy (non-hydrogen) atoms. The molecule has 4 N–H and O–H groups in total. The Kier molecular flexibility index (Phi) is 9.83. The molecule has 2 aliphatic rings. The molecule has 1 fully saturated rings. The Labute approximate surface area is 236 Å². The van der Waals surface area contributed by atoms with E-state index in [0.717, 1.165) is 12.8 Å². The number of nitrogens with two attached hydrogens (primary N) is 2. The average Bonchev–Trinajstić information content (AvgIpc) is 3.25. The number of halogens is 3. The van der Waals surface area contributed by atoms with Crippen molar-refractivity contribution >= 4 is 30.1 Å². The standard InChI is InChI=1S/C26H31F3N4O4.CH3NS/c1-25(2)11-19-22(20(34)12-25)23(26(27,28)29)32-33(19)16-5-8-18(24(31)36)15(10-16)9-14-3-6-17(7-4-14)37-21(35)13-30;1-2-3/h5,8,10,14,17H,3-4,6-7,9,11-13,30H2,1-2H3,(H2,31,36);1H3. The molecule has 4 rings (SSSR count). The summed E-state index contributed by atoms with van der Waals surface area (Å²) in [4.78, 5) is 36.4. The first-order valence-electron chi connectivity index (χ1n) is 13.0. The van der Waals surface area contributed by atoms with Crippen LogP contribution in [0.3, 0.4) is 0 Å². The number of primary amides is 1. The highest BCUT2D eigenvalue weighted by Crippen LogP contribution is 2.42. The maximum atomic E-state index is 13.8. The van der Waals surface area contributed by atoms with Crippen LogP contribution in [0.4, 0.5) is 13.2 Å². The topological polar surface area (TPSA) is 143 Å². The van der Waals surface area contributed by atoms with E-state index in [2.05, 4.69) is 21.9 Å². The number of carbonyl (C=O) groups is 3. The highest BCUT2D eigenvalue weighted by molar-refractivity contribution is 7.47. The van der Waals surface area contributed by atoms with Gasteiger partial charge in [-0.25, -0.2) is 9.04 Å². The van der Waals surface area contributed by atoms with Gasteiger partial charge in [0.15, 0.2) is 11.5 Å². The van der Waals surface area contributed by atoms with E-state index in [1.165, 1.54) is 16.8 Å². The van der Waals surface area contributed by atoms with E-state index in [4.69, 9.17) is 16.2 Å². The summed E-state index contributed by atoms with van der Waals surface area (Å²) >= 11 is 4.02. The molecule has 9 nitrogen and oxygen atoms in total. The molecule has 0 atom stereocenters. The van der Waals surface area contributed by atoms with E-state index >= 15 is 0 Å². The molecule has 0 aliphatic heterocycles. The van der Waals surface area contributed by atoms with Gasteiger partial charge < -0.3 is 16.2 Å². The Balaban J connectivity index is 0.00000141. The monoisotopic (exact) mass is 581 g/mol. The molecular weight excluding hydrogens is 547 g/mol. The van der Waals surface area contributed by atoms with Gasteiger partial charge in [0.05, 0.1) is 23.5 Å². The zero-order chi connectivity index (χ0) is 29.8. The van der Waals surface area contributed by atoms with Gasteiger partial charge in [-0.3, -0.25) is 14.4 Å². The number of aromatic nitrogens is 2. The van der Waals surface area contributed by atoms with E-state index in [1.807, 2.05) is 13.8 Å². The summed E-state index contributed by atoms with van der Waals surface area (Å²) < 4.78 is 51.1. The van der Waals surface area contributed by atoms with Crippen molar-refractivity contribution in [1.29, 1.82) is 0 Å². The minimum Gasteiger partial charge on any atom is -0.461 e. The van der Waals surface area contributed by atoms with Crippen LogP contribution in [-0.4, -0.2) is 47.1 Å². The van der Waals surface area contributed by atoms with Gasteiger partial charge in [0, 0.05) is 31.5 Å². The summed E-state index contributed by atoms with van der Waals surface area (Å²) in [6.45, 7) is 3.49. The normalized spacial score (nSPS) is 20.1. The van der Waals surface area contributed by atoms with Crippen molar-refractivity contribution in [2.75, 3.05) is 13.6 Å². The number of carbonyl (C=O) groups excluding carboxylic acids is 3. The number of hydrogen-bond acceptors (Lipinski definition) is 8. The number of esters is 1. The van der Waals surface area contributed by atoms with Crippen molar-refractivity contribution < 1.29 is 32.3 Å². The van der Waals surface area contributed by atoms with Crippen LogP contribution in [0.1, 0.15) is 83.6 Å². The van der Waals surface area contributed by atoms with Gasteiger partial charge in [-0.2, -0.15) is 18.3 Å². The number of ether oxygens (including phenoxy) is 1. The van der Waals surface area contributed by atoms with Crippen molar-refractivity contribution in [2.24, 2.45) is 27.2 Å². The lowest BCUT2D eigenvalue weighted by Crippen LogP contribution is -2.29. The SMILES string of the molecule is CC1(C)CC(=O)c2c(C(F)(F)F)nn(-c3ccc(C(N)=O)c(CC4CCC(OC(=O)CN)CC4)c3)c2C1.CN=S. The van der Waals surface area contributed by atoms with Gasteiger partial charge >= 0.3 is 12.1 Å². The highest BCUT2D eigenvalue weighted by atomic mass is 32.1. The van der Waals surface area contributed by atoms with Crippen LogP contribution in [0.5, 0.6) is 0 Å². The first kappa shape index (κ1) is 31.3. The predicted octanol–water partition coefficient (Wildman–Crippen LogP) is 4.10. The number of rotatable bonds is 6. The highest BCUT2D eigenvalue weighted by Gasteiger charge is 2.45. The van der Waals surface area contributed by atoms with Crippen molar-refractivity contribution in [3.63, 3.8) is 0 Å². The van der Waals surface area contributed by atoms with Crippen molar-refractivity contribution in [2.45, 2.75) is 71.1 Å². The Hall–Kier alpha value is -3.19. The van der Waals surface area contributed by atoms with Crippen LogP contribution in [0.25, 0.3) is 5.69 Å². The van der Waals surface area contributed by atoms with E-state index in [9.17, 15) is 27.6 Å². The number of Topliss-reactive ketones (excluding diaryl/α,β-unsaturated/α-hetero) is 1. The number of hydrogen-bond donors (Lipinski definition) is 2. The fourth-order valence-electron chi connectivity index (χ4n) is 5.48. The lowest BCUT2D eigenvalue weighted by molar-refractivity contribution is -0.149. The van der Waals surface area contributed by atoms with E-state index in [1.54, 1.807) is 13.1 Å². The van der Waals surface area contributed by atoms with Crippen LogP contribution < -0.4 is 11.5 Å². The maximum Gasteiger partial charge on any atom is 0.435 e. The summed E-state index contributed by atoms with van der Waals surface area (Å²) in [5.41, 5.74) is 10.3. The fourth-order valence-corrected chi connectivity index (χ4v) is 5.48. The van der Waals surface area contributed by atoms with Crippen molar-refractivity contribution in [3.05, 3.63) is 46.3 Å². The second kappa shape index (κ2) is 12.5. The average molecular weight is 582 g/mol. The molecule has 1 heterocycles. The second-order valence-electron chi connectivity index (χ2n) is 10.9. The van der Waals surface area contributed by atoms with Crippen LogP contribution in [0.2, 0.25) is 0 Å². The van der Waals surface area contributed by atoms with Crippen LogP contribution in [-0.2, 0) is 41.0 Å². The fraction of sp³-hybridized carbons (Fsp3) is 0.556. The molecule has 0 radical (unpaired) electrons. The minimum absolute atomic E-state index is 0.00387. The lowest BCUT2D eigenvalue weighted by atomic mass is 9.75. The van der Waals surface area contributed by atoms with Crippen molar-refractivity contribution in [3.8, 4) is 5.69 Å². The Morgan fingerprint density at radius 1 is 1.20 bits per heavy atom. The largest absolute Gasteiger partial charge is 0.461 e. The van der Waals surface area contributed by atoms with Gasteiger partial charge in [-0.1, -0.05) is 13.8 Å². The number of amides is 1. The molecule has 2 aromatic rings. The number of benzene rings is 1. The second-order valence-corrected chi connectivity index (χ2v) is 11.3. The summed E-state index contributed by atoms with van der Waals surface area (Å²) in [6.07, 6.45) is -1.47. The third kappa shape index (κ3) is 7.30. The van der Waals surface area contributed by atoms with Gasteiger partial charge in [-0.15, -0.1) is 0 Å². The molecule has 0 saturated heterocycles. The molecule has 218 valence electrons. The minimum atomic E-state index is -4.78. The smallest absolute Gasteiger partial charge is 0.435 e. The number of alkyl halides is 3. The molecular formula is C27H34F3N5O4S. The maximum absolute atomic E-state index is 13.8. The zero-order valence-corrected chi connectivity index (χ0v) is 23.5. The molecule has 1 amide bonds. The molecule has 13 heteroatoms. The zero-order valence-electron chi connectivity index (χ0n) is 22.7. The summed E-state index contributed by atoms with van der Waals surface area (Å²) in [5.74, 6) is -1.50. The Morgan fingerprint density at radius 2 is 1.82 bits per heavy atom. The first-order valence-corrected chi connectivity index (χ1v) is 13.3. The Bertz CT molecular complexity index is 1280. The molecule has 0 bridgehead atoms. The van der Waals surface area contributed by atoms with E-state index in [-0.39, 0.29) is 48.2 Å². The molecule has 1 aromatic heterocycles. The first-order chi connectivity index (χ1) is 18.7. The van der Waals surface area contributed by atoms with Gasteiger partial charge in [0.2, 0.25) is 5.91 Å². The number of ketones is 1. The van der Waals surface area contributed by atoms with Crippen LogP contribution >= 0.6 is 0 Å².